The third kappa shape index (κ3) is 3.82. The summed E-state index contributed by atoms with van der Waals surface area (Å²) in [6.07, 6.45) is 0. The summed E-state index contributed by atoms with van der Waals surface area (Å²) >= 11 is 7.92. The fraction of sp³-hybridized carbons (Fsp3) is 0.200. The predicted octanol–water partition coefficient (Wildman–Crippen LogP) is 4.36. The number of nitrogens with two attached hydrogens (primary N) is 1. The molecular formula is C15H16ClNOS. The van der Waals surface area contributed by atoms with Gasteiger partial charge in [0.15, 0.2) is 0 Å². The number of halogens is 1. The highest BCUT2D eigenvalue weighted by molar-refractivity contribution is 7.97. The number of hydrogen-bond donors (Lipinski definition) is 1. The average Bonchev–Trinajstić information content (AvgIpc) is 2.41. The minimum Gasteiger partial charge on any atom is -0.496 e. The van der Waals surface area contributed by atoms with Gasteiger partial charge in [-0.15, -0.1) is 0 Å². The molecule has 19 heavy (non-hydrogen) atoms. The quantitative estimate of drug-likeness (QED) is 0.832. The van der Waals surface area contributed by atoms with Crippen molar-refractivity contribution in [3.05, 3.63) is 58.6 Å². The molecule has 0 aromatic heterocycles. The van der Waals surface area contributed by atoms with E-state index in [4.69, 9.17) is 22.1 Å². The van der Waals surface area contributed by atoms with Crippen molar-refractivity contribution in [3.63, 3.8) is 0 Å². The summed E-state index contributed by atoms with van der Waals surface area (Å²) in [5, 5.41) is 0.814. The summed E-state index contributed by atoms with van der Waals surface area (Å²) in [5.74, 6) is 2.60. The standard InChI is InChI=1S/C15H16ClNOS/c1-18-15-7-6-13(17)8-12(15)10-19-9-11-4-2-3-5-14(11)16/h2-8H,9-10,17H2,1H3. The molecule has 0 aliphatic carbocycles. The van der Waals surface area contributed by atoms with E-state index < -0.39 is 0 Å². The Morgan fingerprint density at radius 1 is 1.11 bits per heavy atom. The van der Waals surface area contributed by atoms with Crippen molar-refractivity contribution in [2.75, 3.05) is 12.8 Å². The minimum atomic E-state index is 0.758. The molecule has 0 aliphatic heterocycles. The van der Waals surface area contributed by atoms with Gasteiger partial charge >= 0.3 is 0 Å². The Kier molecular flexibility index (Phi) is 5.00. The van der Waals surface area contributed by atoms with Crippen LogP contribution in [0.3, 0.4) is 0 Å². The summed E-state index contributed by atoms with van der Waals surface area (Å²) in [6.45, 7) is 0. The number of rotatable bonds is 5. The van der Waals surface area contributed by atoms with Crippen LogP contribution in [0, 0.1) is 0 Å². The first-order valence-electron chi connectivity index (χ1n) is 5.94. The SMILES string of the molecule is COc1ccc(N)cc1CSCc1ccccc1Cl. The molecule has 2 aromatic rings. The zero-order chi connectivity index (χ0) is 13.7. The lowest BCUT2D eigenvalue weighted by Crippen LogP contribution is -1.93. The van der Waals surface area contributed by atoms with Gasteiger partial charge in [0, 0.05) is 27.8 Å². The van der Waals surface area contributed by atoms with Crippen LogP contribution in [0.15, 0.2) is 42.5 Å². The third-order valence-corrected chi connectivity index (χ3v) is 4.18. The topological polar surface area (TPSA) is 35.2 Å². The largest absolute Gasteiger partial charge is 0.496 e. The third-order valence-electron chi connectivity index (χ3n) is 2.78. The highest BCUT2D eigenvalue weighted by atomic mass is 35.5. The van der Waals surface area contributed by atoms with Gasteiger partial charge in [-0.25, -0.2) is 0 Å². The molecule has 0 fully saturated rings. The molecular weight excluding hydrogens is 278 g/mol. The van der Waals surface area contributed by atoms with Crippen LogP contribution in [0.25, 0.3) is 0 Å². The van der Waals surface area contributed by atoms with Gasteiger partial charge in [-0.2, -0.15) is 11.8 Å². The zero-order valence-electron chi connectivity index (χ0n) is 10.7. The Balaban J connectivity index is 2.00. The Morgan fingerprint density at radius 2 is 1.84 bits per heavy atom. The average molecular weight is 294 g/mol. The predicted molar refractivity (Wildman–Crippen MR) is 83.9 cm³/mol. The lowest BCUT2D eigenvalue weighted by molar-refractivity contribution is 0.411. The van der Waals surface area contributed by atoms with Gasteiger partial charge in [-0.3, -0.25) is 0 Å². The number of benzene rings is 2. The fourth-order valence-electron chi connectivity index (χ4n) is 1.80. The molecule has 2 rings (SSSR count). The summed E-state index contributed by atoms with van der Waals surface area (Å²) < 4.78 is 5.33. The van der Waals surface area contributed by atoms with Gasteiger partial charge in [-0.1, -0.05) is 29.8 Å². The highest BCUT2D eigenvalue weighted by Crippen LogP contribution is 2.28. The number of anilines is 1. The van der Waals surface area contributed by atoms with Gasteiger partial charge in [0.25, 0.3) is 0 Å². The molecule has 0 saturated heterocycles. The van der Waals surface area contributed by atoms with E-state index in [0.29, 0.717) is 0 Å². The van der Waals surface area contributed by atoms with E-state index >= 15 is 0 Å². The molecule has 0 bridgehead atoms. The summed E-state index contributed by atoms with van der Waals surface area (Å²) in [5.41, 5.74) is 8.82. The summed E-state index contributed by atoms with van der Waals surface area (Å²) in [4.78, 5) is 0. The van der Waals surface area contributed by atoms with E-state index in [0.717, 1.165) is 39.1 Å². The normalized spacial score (nSPS) is 10.4. The second kappa shape index (κ2) is 6.73. The first-order valence-corrected chi connectivity index (χ1v) is 7.47. The van der Waals surface area contributed by atoms with Crippen LogP contribution in [0.4, 0.5) is 5.69 Å². The van der Waals surface area contributed by atoms with E-state index in [1.165, 1.54) is 0 Å². The molecule has 0 amide bonds. The first-order chi connectivity index (χ1) is 9.20. The van der Waals surface area contributed by atoms with Crippen LogP contribution < -0.4 is 10.5 Å². The van der Waals surface area contributed by atoms with Crippen molar-refractivity contribution >= 4 is 29.1 Å². The van der Waals surface area contributed by atoms with Gasteiger partial charge in [0.05, 0.1) is 7.11 Å². The van der Waals surface area contributed by atoms with Crippen LogP contribution in [-0.4, -0.2) is 7.11 Å². The number of ether oxygens (including phenoxy) is 1. The highest BCUT2D eigenvalue weighted by Gasteiger charge is 2.05. The maximum absolute atomic E-state index is 6.13. The van der Waals surface area contributed by atoms with Crippen molar-refractivity contribution in [2.24, 2.45) is 0 Å². The Hall–Kier alpha value is -1.32. The number of nitrogen functional groups attached to an aromatic ring is 1. The zero-order valence-corrected chi connectivity index (χ0v) is 12.3. The molecule has 2 N–H and O–H groups in total. The second-order valence-electron chi connectivity index (χ2n) is 4.16. The Morgan fingerprint density at radius 3 is 2.58 bits per heavy atom. The van der Waals surface area contributed by atoms with E-state index in [1.54, 1.807) is 18.9 Å². The van der Waals surface area contributed by atoms with Crippen molar-refractivity contribution in [1.82, 2.24) is 0 Å². The van der Waals surface area contributed by atoms with E-state index in [-0.39, 0.29) is 0 Å². The molecule has 0 aliphatic rings. The molecule has 0 spiro atoms. The molecule has 0 radical (unpaired) electrons. The maximum Gasteiger partial charge on any atom is 0.123 e. The fourth-order valence-corrected chi connectivity index (χ4v) is 3.10. The summed E-state index contributed by atoms with van der Waals surface area (Å²) in [7, 11) is 1.67. The second-order valence-corrected chi connectivity index (χ2v) is 5.55. The lowest BCUT2D eigenvalue weighted by atomic mass is 10.2. The molecule has 2 aromatic carbocycles. The van der Waals surface area contributed by atoms with E-state index in [1.807, 2.05) is 42.5 Å². The van der Waals surface area contributed by atoms with Crippen molar-refractivity contribution in [3.8, 4) is 5.75 Å². The van der Waals surface area contributed by atoms with Crippen LogP contribution >= 0.6 is 23.4 Å². The summed E-state index contributed by atoms with van der Waals surface area (Å²) in [6, 6.07) is 13.6. The molecule has 4 heteroatoms. The smallest absolute Gasteiger partial charge is 0.123 e. The van der Waals surface area contributed by atoms with Crippen LogP contribution in [-0.2, 0) is 11.5 Å². The minimum absolute atomic E-state index is 0.758. The number of thioether (sulfide) groups is 1. The molecule has 2 nitrogen and oxygen atoms in total. The van der Waals surface area contributed by atoms with Gasteiger partial charge in [0.1, 0.15) is 5.75 Å². The van der Waals surface area contributed by atoms with Crippen LogP contribution in [0.1, 0.15) is 11.1 Å². The number of methoxy groups -OCH3 is 1. The Labute approximate surface area is 122 Å². The molecule has 100 valence electrons. The van der Waals surface area contributed by atoms with E-state index in [2.05, 4.69) is 0 Å². The molecule has 0 unspecified atom stereocenters. The Bertz CT molecular complexity index is 560. The van der Waals surface area contributed by atoms with Gasteiger partial charge < -0.3 is 10.5 Å². The molecule has 0 saturated carbocycles. The molecule has 0 atom stereocenters. The van der Waals surface area contributed by atoms with E-state index in [9.17, 15) is 0 Å². The number of hydrogen-bond acceptors (Lipinski definition) is 3. The monoisotopic (exact) mass is 293 g/mol. The lowest BCUT2D eigenvalue weighted by Gasteiger charge is -2.09. The van der Waals surface area contributed by atoms with Crippen molar-refractivity contribution in [1.29, 1.82) is 0 Å². The van der Waals surface area contributed by atoms with Gasteiger partial charge in [-0.05, 0) is 29.8 Å². The van der Waals surface area contributed by atoms with Crippen molar-refractivity contribution < 1.29 is 4.74 Å². The maximum atomic E-state index is 6.13. The van der Waals surface area contributed by atoms with Crippen LogP contribution in [0.2, 0.25) is 5.02 Å². The van der Waals surface area contributed by atoms with Gasteiger partial charge in [0.2, 0.25) is 0 Å². The first kappa shape index (κ1) is 14.1. The van der Waals surface area contributed by atoms with Crippen molar-refractivity contribution in [2.45, 2.75) is 11.5 Å². The molecule has 0 heterocycles. The van der Waals surface area contributed by atoms with Crippen LogP contribution in [0.5, 0.6) is 5.75 Å².